The highest BCUT2D eigenvalue weighted by molar-refractivity contribution is 5.95. The Labute approximate surface area is 98.1 Å². The number of phenols is 2. The molecule has 0 saturated carbocycles. The van der Waals surface area contributed by atoms with E-state index in [0.29, 0.717) is 16.3 Å². The van der Waals surface area contributed by atoms with Crippen LogP contribution in [0.3, 0.4) is 0 Å². The summed E-state index contributed by atoms with van der Waals surface area (Å²) in [5.74, 6) is -0.246. The minimum absolute atomic E-state index is 0.0561. The van der Waals surface area contributed by atoms with E-state index in [9.17, 15) is 15.0 Å². The SMILES string of the molecule is CC(=O)OCc1cccc2c(O)ccc(O)c12. The predicted octanol–water partition coefficient (Wildman–Crippen LogP) is 2.31. The standard InChI is InChI=1S/C13H12O4/c1-8(14)17-7-9-3-2-4-10-11(15)5-6-12(16)13(9)10/h2-6,15-16H,7H2,1H3. The Morgan fingerprint density at radius 1 is 1.18 bits per heavy atom. The van der Waals surface area contributed by atoms with Gasteiger partial charge in [-0.05, 0) is 12.1 Å². The van der Waals surface area contributed by atoms with Gasteiger partial charge in [-0.3, -0.25) is 4.79 Å². The van der Waals surface area contributed by atoms with Crippen molar-refractivity contribution in [2.75, 3.05) is 0 Å². The lowest BCUT2D eigenvalue weighted by atomic mass is 10.0. The maximum absolute atomic E-state index is 10.8. The number of carbonyl (C=O) groups excluding carboxylic acids is 1. The van der Waals surface area contributed by atoms with Crippen LogP contribution in [0, 0.1) is 0 Å². The second-order valence-corrected chi connectivity index (χ2v) is 3.72. The van der Waals surface area contributed by atoms with Crippen molar-refractivity contribution in [1.29, 1.82) is 0 Å². The van der Waals surface area contributed by atoms with Gasteiger partial charge in [0.1, 0.15) is 18.1 Å². The third-order valence-corrected chi connectivity index (χ3v) is 2.51. The largest absolute Gasteiger partial charge is 0.507 e. The van der Waals surface area contributed by atoms with Gasteiger partial charge in [-0.25, -0.2) is 0 Å². The van der Waals surface area contributed by atoms with Crippen molar-refractivity contribution < 1.29 is 19.7 Å². The minimum atomic E-state index is -0.387. The summed E-state index contributed by atoms with van der Waals surface area (Å²) in [6.07, 6.45) is 0. The van der Waals surface area contributed by atoms with Crippen LogP contribution in [0.1, 0.15) is 12.5 Å². The van der Waals surface area contributed by atoms with Crippen molar-refractivity contribution in [3.05, 3.63) is 35.9 Å². The molecule has 2 aromatic carbocycles. The number of benzene rings is 2. The lowest BCUT2D eigenvalue weighted by molar-refractivity contribution is -0.142. The van der Waals surface area contributed by atoms with Crippen LogP contribution in [0.25, 0.3) is 10.8 Å². The fourth-order valence-corrected chi connectivity index (χ4v) is 1.75. The molecule has 0 atom stereocenters. The zero-order valence-corrected chi connectivity index (χ0v) is 9.30. The zero-order chi connectivity index (χ0) is 12.4. The fraction of sp³-hybridized carbons (Fsp3) is 0.154. The number of phenolic OH excluding ortho intramolecular Hbond substituents is 2. The van der Waals surface area contributed by atoms with Gasteiger partial charge in [0.25, 0.3) is 0 Å². The minimum Gasteiger partial charge on any atom is -0.507 e. The van der Waals surface area contributed by atoms with E-state index in [4.69, 9.17) is 4.74 Å². The number of hydrogen-bond acceptors (Lipinski definition) is 4. The Balaban J connectivity index is 2.56. The average Bonchev–Trinajstić information content (AvgIpc) is 2.31. The molecule has 0 heterocycles. The highest BCUT2D eigenvalue weighted by Gasteiger charge is 2.09. The van der Waals surface area contributed by atoms with E-state index in [1.165, 1.54) is 19.1 Å². The summed E-state index contributed by atoms with van der Waals surface area (Å²) < 4.78 is 4.90. The molecule has 2 rings (SSSR count). The molecule has 0 aliphatic heterocycles. The normalized spacial score (nSPS) is 10.4. The van der Waals surface area contributed by atoms with Gasteiger partial charge < -0.3 is 14.9 Å². The van der Waals surface area contributed by atoms with Crippen LogP contribution in [0.2, 0.25) is 0 Å². The first-order valence-corrected chi connectivity index (χ1v) is 5.15. The number of hydrogen-bond donors (Lipinski definition) is 2. The van der Waals surface area contributed by atoms with E-state index in [1.807, 2.05) is 0 Å². The fourth-order valence-electron chi connectivity index (χ4n) is 1.75. The van der Waals surface area contributed by atoms with Gasteiger partial charge >= 0.3 is 5.97 Å². The Kier molecular flexibility index (Phi) is 2.87. The molecule has 17 heavy (non-hydrogen) atoms. The van der Waals surface area contributed by atoms with Crippen molar-refractivity contribution in [2.45, 2.75) is 13.5 Å². The predicted molar refractivity (Wildman–Crippen MR) is 62.7 cm³/mol. The summed E-state index contributed by atoms with van der Waals surface area (Å²) >= 11 is 0. The molecule has 0 saturated heterocycles. The van der Waals surface area contributed by atoms with Crippen molar-refractivity contribution >= 4 is 16.7 Å². The van der Waals surface area contributed by atoms with Crippen LogP contribution in [0.5, 0.6) is 11.5 Å². The molecule has 0 aromatic heterocycles. The number of esters is 1. The number of rotatable bonds is 2. The third-order valence-electron chi connectivity index (χ3n) is 2.51. The molecule has 0 amide bonds. The van der Waals surface area contributed by atoms with E-state index in [1.54, 1.807) is 18.2 Å². The Morgan fingerprint density at radius 3 is 2.59 bits per heavy atom. The van der Waals surface area contributed by atoms with Gasteiger partial charge in [0.15, 0.2) is 0 Å². The molecule has 0 aliphatic rings. The first-order valence-electron chi connectivity index (χ1n) is 5.15. The molecular formula is C13H12O4. The summed E-state index contributed by atoms with van der Waals surface area (Å²) in [5.41, 5.74) is 0.658. The topological polar surface area (TPSA) is 66.8 Å². The third kappa shape index (κ3) is 2.15. The first kappa shape index (κ1) is 11.3. The molecule has 0 aliphatic carbocycles. The van der Waals surface area contributed by atoms with Crippen LogP contribution in [-0.4, -0.2) is 16.2 Å². The van der Waals surface area contributed by atoms with Crippen molar-refractivity contribution in [3.63, 3.8) is 0 Å². The Morgan fingerprint density at radius 2 is 1.88 bits per heavy atom. The first-order chi connectivity index (χ1) is 8.09. The van der Waals surface area contributed by atoms with Crippen LogP contribution < -0.4 is 0 Å². The second kappa shape index (κ2) is 4.33. The van der Waals surface area contributed by atoms with Crippen LogP contribution in [0.15, 0.2) is 30.3 Å². The van der Waals surface area contributed by atoms with Gasteiger partial charge in [0.2, 0.25) is 0 Å². The summed E-state index contributed by atoms with van der Waals surface area (Å²) in [7, 11) is 0. The summed E-state index contributed by atoms with van der Waals surface area (Å²) in [6, 6.07) is 8.01. The van der Waals surface area contributed by atoms with Gasteiger partial charge in [0.05, 0.1) is 0 Å². The average molecular weight is 232 g/mol. The molecule has 0 bridgehead atoms. The summed E-state index contributed by atoms with van der Waals surface area (Å²) in [4.78, 5) is 10.8. The van der Waals surface area contributed by atoms with Crippen LogP contribution >= 0.6 is 0 Å². The lowest BCUT2D eigenvalue weighted by Crippen LogP contribution is -1.99. The molecule has 0 unspecified atom stereocenters. The maximum atomic E-state index is 10.8. The number of carbonyl (C=O) groups is 1. The summed E-state index contributed by atoms with van der Waals surface area (Å²) in [5, 5.41) is 20.5. The molecule has 2 N–H and O–H groups in total. The Hall–Kier alpha value is -2.23. The van der Waals surface area contributed by atoms with Gasteiger partial charge in [-0.1, -0.05) is 18.2 Å². The smallest absolute Gasteiger partial charge is 0.302 e. The number of fused-ring (bicyclic) bond motifs is 1. The Bertz CT molecular complexity index is 575. The number of aromatic hydroxyl groups is 2. The molecule has 4 heteroatoms. The van der Waals surface area contributed by atoms with Crippen molar-refractivity contribution in [3.8, 4) is 11.5 Å². The zero-order valence-electron chi connectivity index (χ0n) is 9.30. The highest BCUT2D eigenvalue weighted by atomic mass is 16.5. The van der Waals surface area contributed by atoms with Gasteiger partial charge in [-0.2, -0.15) is 0 Å². The molecule has 0 fully saturated rings. The molecule has 2 aromatic rings. The van der Waals surface area contributed by atoms with E-state index in [0.717, 1.165) is 0 Å². The van der Waals surface area contributed by atoms with Gasteiger partial charge in [0, 0.05) is 23.3 Å². The molecule has 88 valence electrons. The molecule has 4 nitrogen and oxygen atoms in total. The number of ether oxygens (including phenoxy) is 1. The highest BCUT2D eigenvalue weighted by Crippen LogP contribution is 2.34. The molecule has 0 radical (unpaired) electrons. The van der Waals surface area contributed by atoms with E-state index >= 15 is 0 Å². The second-order valence-electron chi connectivity index (χ2n) is 3.72. The summed E-state index contributed by atoms with van der Waals surface area (Å²) in [6.45, 7) is 1.39. The van der Waals surface area contributed by atoms with Crippen LogP contribution in [0.4, 0.5) is 0 Å². The van der Waals surface area contributed by atoms with Crippen molar-refractivity contribution in [2.24, 2.45) is 0 Å². The quantitative estimate of drug-likeness (QED) is 0.616. The lowest BCUT2D eigenvalue weighted by Gasteiger charge is -2.09. The monoisotopic (exact) mass is 232 g/mol. The van der Waals surface area contributed by atoms with Crippen molar-refractivity contribution in [1.82, 2.24) is 0 Å². The molecular weight excluding hydrogens is 220 g/mol. The molecule has 0 spiro atoms. The maximum Gasteiger partial charge on any atom is 0.302 e. The van der Waals surface area contributed by atoms with Gasteiger partial charge in [-0.15, -0.1) is 0 Å². The van der Waals surface area contributed by atoms with E-state index < -0.39 is 0 Å². The van der Waals surface area contributed by atoms with Crippen LogP contribution in [-0.2, 0) is 16.1 Å². The van der Waals surface area contributed by atoms with E-state index in [2.05, 4.69) is 0 Å². The van der Waals surface area contributed by atoms with E-state index in [-0.39, 0.29) is 24.1 Å².